The Morgan fingerprint density at radius 3 is 1.93 bits per heavy atom. The van der Waals surface area contributed by atoms with Gasteiger partial charge in [0.15, 0.2) is 0 Å². The van der Waals surface area contributed by atoms with Gasteiger partial charge in [0.2, 0.25) is 0 Å². The molecule has 7 rings (SSSR count). The number of ether oxygens (including phenoxy) is 1. The van der Waals surface area contributed by atoms with Crippen molar-refractivity contribution in [3.8, 4) is 5.75 Å². The molecule has 1 fully saturated rings. The van der Waals surface area contributed by atoms with Crippen molar-refractivity contribution in [1.82, 2.24) is 5.32 Å². The van der Waals surface area contributed by atoms with E-state index in [0.29, 0.717) is 23.6 Å². The average molecular weight is 596 g/mol. The van der Waals surface area contributed by atoms with Crippen LogP contribution in [-0.2, 0) is 9.59 Å². The summed E-state index contributed by atoms with van der Waals surface area (Å²) in [5.41, 5.74) is 6.77. The molecule has 45 heavy (non-hydrogen) atoms. The van der Waals surface area contributed by atoms with Gasteiger partial charge in [-0.1, -0.05) is 85.5 Å². The molecule has 2 atom stereocenters. The number of nitrogens with zero attached hydrogens (tertiary/aromatic N) is 2. The van der Waals surface area contributed by atoms with Crippen molar-refractivity contribution in [1.29, 1.82) is 0 Å². The largest absolute Gasteiger partial charge is 0.490 e. The Morgan fingerprint density at radius 1 is 0.800 bits per heavy atom. The number of hydrogen-bond donors (Lipinski definition) is 1. The first kappa shape index (κ1) is 28.3. The molecule has 0 saturated carbocycles. The number of carbonyl (C=O) groups is 3. The highest BCUT2D eigenvalue weighted by atomic mass is 16.5. The van der Waals surface area contributed by atoms with Crippen molar-refractivity contribution in [3.05, 3.63) is 143 Å². The lowest BCUT2D eigenvalue weighted by atomic mass is 9.76. The Balaban J connectivity index is 1.34. The summed E-state index contributed by atoms with van der Waals surface area (Å²) < 4.78 is 5.55. The van der Waals surface area contributed by atoms with Crippen LogP contribution in [0.1, 0.15) is 52.5 Å². The minimum atomic E-state index is -0.751. The van der Waals surface area contributed by atoms with E-state index in [0.717, 1.165) is 42.0 Å². The molecule has 0 spiro atoms. The predicted octanol–water partition coefficient (Wildman–Crippen LogP) is 6.80. The lowest BCUT2D eigenvalue weighted by Gasteiger charge is -2.44. The zero-order valence-electron chi connectivity index (χ0n) is 24.8. The van der Waals surface area contributed by atoms with E-state index in [-0.39, 0.29) is 17.4 Å². The third kappa shape index (κ3) is 5.31. The number of barbiturate groups is 1. The fraction of sp³-hybridized carbons (Fsp3) is 0.184. The van der Waals surface area contributed by atoms with Gasteiger partial charge in [0.25, 0.3) is 11.8 Å². The highest BCUT2D eigenvalue weighted by Crippen LogP contribution is 2.50. The molecule has 4 aromatic carbocycles. The quantitative estimate of drug-likeness (QED) is 0.145. The molecule has 224 valence electrons. The van der Waals surface area contributed by atoms with E-state index in [9.17, 15) is 14.4 Å². The van der Waals surface area contributed by atoms with Gasteiger partial charge in [-0.2, -0.15) is 0 Å². The molecule has 0 radical (unpaired) electrons. The van der Waals surface area contributed by atoms with Crippen molar-refractivity contribution in [3.63, 3.8) is 0 Å². The van der Waals surface area contributed by atoms with Crippen LogP contribution in [0.25, 0.3) is 6.08 Å². The van der Waals surface area contributed by atoms with Crippen LogP contribution in [0.3, 0.4) is 0 Å². The third-order valence-electron chi connectivity index (χ3n) is 8.92. The molecule has 1 N–H and O–H groups in total. The van der Waals surface area contributed by atoms with Crippen LogP contribution in [0, 0.1) is 0 Å². The van der Waals surface area contributed by atoms with Gasteiger partial charge in [-0.3, -0.25) is 14.9 Å². The number of amides is 4. The number of anilines is 2. The Morgan fingerprint density at radius 2 is 1.38 bits per heavy atom. The summed E-state index contributed by atoms with van der Waals surface area (Å²) >= 11 is 0. The minimum Gasteiger partial charge on any atom is -0.490 e. The van der Waals surface area contributed by atoms with E-state index >= 15 is 0 Å². The maximum Gasteiger partial charge on any atom is 0.335 e. The van der Waals surface area contributed by atoms with Crippen molar-refractivity contribution in [2.75, 3.05) is 29.5 Å². The molecule has 3 heterocycles. The SMILES string of the molecule is C=CCOc1ccc(/C=C2\C(=O)NC(=O)N(c3cc4c5c(c3)[C@@H](c3ccccc3)CCN5CC[C@@H]4c3ccccc3)C2=O)cc1. The predicted molar refractivity (Wildman–Crippen MR) is 176 cm³/mol. The highest BCUT2D eigenvalue weighted by Gasteiger charge is 2.40. The van der Waals surface area contributed by atoms with Crippen LogP contribution in [0.5, 0.6) is 5.75 Å². The zero-order chi connectivity index (χ0) is 30.9. The summed E-state index contributed by atoms with van der Waals surface area (Å²) in [7, 11) is 0. The van der Waals surface area contributed by atoms with Crippen LogP contribution >= 0.6 is 0 Å². The number of rotatable bonds is 7. The maximum absolute atomic E-state index is 14.0. The number of benzene rings is 4. The summed E-state index contributed by atoms with van der Waals surface area (Å²) in [6, 6.07) is 31.0. The fourth-order valence-corrected chi connectivity index (χ4v) is 6.84. The molecule has 3 aliphatic heterocycles. The molecule has 0 bridgehead atoms. The molecule has 0 unspecified atom stereocenters. The van der Waals surface area contributed by atoms with Gasteiger partial charge in [-0.15, -0.1) is 0 Å². The van der Waals surface area contributed by atoms with Crippen molar-refractivity contribution in [2.45, 2.75) is 24.7 Å². The van der Waals surface area contributed by atoms with Crippen LogP contribution in [-0.4, -0.2) is 37.5 Å². The van der Waals surface area contributed by atoms with Gasteiger partial charge in [-0.05, 0) is 71.0 Å². The van der Waals surface area contributed by atoms with E-state index in [1.165, 1.54) is 22.9 Å². The van der Waals surface area contributed by atoms with Gasteiger partial charge in [0.1, 0.15) is 17.9 Å². The maximum atomic E-state index is 14.0. The van der Waals surface area contributed by atoms with E-state index < -0.39 is 17.8 Å². The molecule has 4 amide bonds. The van der Waals surface area contributed by atoms with Crippen LogP contribution in [0.2, 0.25) is 0 Å². The molecular weight excluding hydrogens is 562 g/mol. The second kappa shape index (κ2) is 11.9. The van der Waals surface area contributed by atoms with Gasteiger partial charge in [-0.25, -0.2) is 9.69 Å². The number of imide groups is 2. The van der Waals surface area contributed by atoms with E-state index in [4.69, 9.17) is 4.74 Å². The molecule has 7 nitrogen and oxygen atoms in total. The van der Waals surface area contributed by atoms with Crippen LogP contribution in [0.4, 0.5) is 16.2 Å². The standard InChI is InChI=1S/C38H33N3O4/c1-2-21-45-29-15-13-25(14-16-29)22-34-36(42)39-38(44)41(37(34)43)28-23-32-30(26-9-5-3-6-10-26)17-19-40-20-18-31(33(24-28)35(32)40)27-11-7-4-8-12-27/h2-16,22-24,30-31H,1,17-21H2,(H,39,42,44)/b34-22+/t30-,31-/m1/s1. The Bertz CT molecular complexity index is 1740. The van der Waals surface area contributed by atoms with E-state index in [1.807, 2.05) is 48.5 Å². The lowest BCUT2D eigenvalue weighted by molar-refractivity contribution is -0.122. The van der Waals surface area contributed by atoms with Crippen LogP contribution in [0.15, 0.2) is 115 Å². The summed E-state index contributed by atoms with van der Waals surface area (Å²) in [6.45, 7) is 5.89. The zero-order valence-corrected chi connectivity index (χ0v) is 24.8. The van der Waals surface area contributed by atoms with E-state index in [2.05, 4.69) is 41.1 Å². The van der Waals surface area contributed by atoms with Crippen molar-refractivity contribution < 1.29 is 19.1 Å². The highest BCUT2D eigenvalue weighted by molar-refractivity contribution is 6.39. The van der Waals surface area contributed by atoms with Gasteiger partial charge < -0.3 is 9.64 Å². The van der Waals surface area contributed by atoms with Crippen molar-refractivity contribution >= 4 is 35.3 Å². The van der Waals surface area contributed by atoms with E-state index in [1.54, 1.807) is 30.3 Å². The molecule has 3 aliphatic rings. The van der Waals surface area contributed by atoms with Gasteiger partial charge in [0.05, 0.1) is 5.69 Å². The molecule has 7 heteroatoms. The smallest absolute Gasteiger partial charge is 0.335 e. The first-order valence-electron chi connectivity index (χ1n) is 15.3. The summed E-state index contributed by atoms with van der Waals surface area (Å²) in [5.74, 6) is -0.521. The number of nitrogens with one attached hydrogen (secondary N) is 1. The van der Waals surface area contributed by atoms with Crippen LogP contribution < -0.4 is 19.9 Å². The topological polar surface area (TPSA) is 79.0 Å². The Labute approximate surface area is 262 Å². The first-order chi connectivity index (χ1) is 22.0. The number of urea groups is 1. The molecule has 4 aromatic rings. The average Bonchev–Trinajstić information content (AvgIpc) is 3.07. The first-order valence-corrected chi connectivity index (χ1v) is 15.3. The summed E-state index contributed by atoms with van der Waals surface area (Å²) in [4.78, 5) is 44.0. The normalized spacial score (nSPS) is 20.1. The monoisotopic (exact) mass is 595 g/mol. The summed E-state index contributed by atoms with van der Waals surface area (Å²) in [5, 5.41) is 2.41. The minimum absolute atomic E-state index is 0.104. The second-order valence-electron chi connectivity index (χ2n) is 11.6. The summed E-state index contributed by atoms with van der Waals surface area (Å²) in [6.07, 6.45) is 5.01. The molecule has 0 aromatic heterocycles. The number of carbonyl (C=O) groups excluding carboxylic acids is 3. The second-order valence-corrected chi connectivity index (χ2v) is 11.6. The molecular formula is C38H33N3O4. The lowest BCUT2D eigenvalue weighted by Crippen LogP contribution is -2.54. The van der Waals surface area contributed by atoms with Gasteiger partial charge >= 0.3 is 6.03 Å². The Hall–Kier alpha value is -5.43. The Kier molecular flexibility index (Phi) is 7.51. The number of hydrogen-bond acceptors (Lipinski definition) is 5. The fourth-order valence-electron chi connectivity index (χ4n) is 6.84. The molecule has 0 aliphatic carbocycles. The van der Waals surface area contributed by atoms with Gasteiger partial charge in [0, 0.05) is 30.6 Å². The molecule has 1 saturated heterocycles. The third-order valence-corrected chi connectivity index (χ3v) is 8.92. The van der Waals surface area contributed by atoms with Crippen molar-refractivity contribution in [2.24, 2.45) is 0 Å².